The number of rotatable bonds is 0. The number of carbonyl (C=O) groups is 2. The standard InChI is InChI=1S/C10H6N2O3/c1-4-2-5-7(8(12)6(4)3-11)10(14)15-9(5)13/h2H,12H2,1H3. The molecule has 2 N–H and O–H groups in total. The van der Waals surface area contributed by atoms with Crippen LogP contribution in [0.2, 0.25) is 0 Å². The molecular formula is C10H6N2O3. The van der Waals surface area contributed by atoms with E-state index in [9.17, 15) is 9.59 Å². The number of anilines is 1. The summed E-state index contributed by atoms with van der Waals surface area (Å²) in [6.45, 7) is 1.64. The maximum absolute atomic E-state index is 11.2. The fraction of sp³-hybridized carbons (Fsp3) is 0.100. The van der Waals surface area contributed by atoms with Gasteiger partial charge in [-0.15, -0.1) is 0 Å². The number of hydrogen-bond donors (Lipinski definition) is 1. The Labute approximate surface area is 85.1 Å². The lowest BCUT2D eigenvalue weighted by Gasteiger charge is -2.04. The molecule has 2 rings (SSSR count). The van der Waals surface area contributed by atoms with Crippen molar-refractivity contribution in [2.75, 3.05) is 5.73 Å². The Morgan fingerprint density at radius 1 is 1.40 bits per heavy atom. The van der Waals surface area contributed by atoms with Gasteiger partial charge in [-0.2, -0.15) is 5.26 Å². The number of nitriles is 1. The summed E-state index contributed by atoms with van der Waals surface area (Å²) in [5.41, 5.74) is 6.54. The van der Waals surface area contributed by atoms with Crippen molar-refractivity contribution in [1.29, 1.82) is 5.26 Å². The van der Waals surface area contributed by atoms with Gasteiger partial charge in [0.2, 0.25) is 0 Å². The number of nitrogens with zero attached hydrogens (tertiary/aromatic N) is 1. The van der Waals surface area contributed by atoms with Crippen molar-refractivity contribution in [3.8, 4) is 6.07 Å². The zero-order valence-electron chi connectivity index (χ0n) is 7.83. The monoisotopic (exact) mass is 202 g/mol. The highest BCUT2D eigenvalue weighted by Gasteiger charge is 2.33. The molecule has 0 saturated carbocycles. The third-order valence-corrected chi connectivity index (χ3v) is 2.28. The van der Waals surface area contributed by atoms with E-state index in [1.807, 2.05) is 6.07 Å². The highest BCUT2D eigenvalue weighted by molar-refractivity contribution is 6.18. The van der Waals surface area contributed by atoms with E-state index in [0.717, 1.165) is 0 Å². The number of aryl methyl sites for hydroxylation is 1. The van der Waals surface area contributed by atoms with Crippen LogP contribution in [0.3, 0.4) is 0 Å². The average molecular weight is 202 g/mol. The number of hydrogen-bond acceptors (Lipinski definition) is 5. The molecule has 15 heavy (non-hydrogen) atoms. The topological polar surface area (TPSA) is 93.2 Å². The number of carbonyl (C=O) groups excluding carboxylic acids is 2. The minimum Gasteiger partial charge on any atom is -0.397 e. The van der Waals surface area contributed by atoms with Crippen molar-refractivity contribution >= 4 is 17.6 Å². The van der Waals surface area contributed by atoms with E-state index in [4.69, 9.17) is 11.0 Å². The number of esters is 2. The van der Waals surface area contributed by atoms with Crippen LogP contribution in [-0.4, -0.2) is 11.9 Å². The van der Waals surface area contributed by atoms with Gasteiger partial charge in [-0.1, -0.05) is 0 Å². The second-order valence-corrected chi connectivity index (χ2v) is 3.19. The Bertz CT molecular complexity index is 541. The summed E-state index contributed by atoms with van der Waals surface area (Å²) in [4.78, 5) is 22.4. The summed E-state index contributed by atoms with van der Waals surface area (Å²) < 4.78 is 4.40. The zero-order chi connectivity index (χ0) is 11.2. The van der Waals surface area contributed by atoms with Crippen molar-refractivity contribution in [3.63, 3.8) is 0 Å². The van der Waals surface area contributed by atoms with E-state index in [2.05, 4.69) is 4.74 Å². The van der Waals surface area contributed by atoms with Crippen LogP contribution in [0.25, 0.3) is 0 Å². The van der Waals surface area contributed by atoms with Gasteiger partial charge in [0.05, 0.1) is 22.4 Å². The molecule has 0 saturated heterocycles. The summed E-state index contributed by atoms with van der Waals surface area (Å²) in [6, 6.07) is 3.33. The van der Waals surface area contributed by atoms with Gasteiger partial charge < -0.3 is 10.5 Å². The molecule has 0 spiro atoms. The molecule has 5 heteroatoms. The summed E-state index contributed by atoms with van der Waals surface area (Å²) in [5.74, 6) is -1.50. The molecule has 0 atom stereocenters. The molecule has 1 aromatic rings. The molecule has 0 amide bonds. The van der Waals surface area contributed by atoms with E-state index in [0.29, 0.717) is 5.56 Å². The van der Waals surface area contributed by atoms with Crippen LogP contribution >= 0.6 is 0 Å². The van der Waals surface area contributed by atoms with Crippen molar-refractivity contribution in [3.05, 3.63) is 28.3 Å². The first kappa shape index (κ1) is 9.21. The molecule has 74 valence electrons. The first-order valence-electron chi connectivity index (χ1n) is 4.16. The summed E-state index contributed by atoms with van der Waals surface area (Å²) in [7, 11) is 0. The quantitative estimate of drug-likeness (QED) is 0.380. The Balaban J connectivity index is 2.85. The number of fused-ring (bicyclic) bond motifs is 1. The molecule has 0 bridgehead atoms. The first-order valence-corrected chi connectivity index (χ1v) is 4.16. The van der Waals surface area contributed by atoms with Gasteiger partial charge in [0, 0.05) is 0 Å². The lowest BCUT2D eigenvalue weighted by atomic mass is 9.98. The molecule has 0 aliphatic carbocycles. The Kier molecular flexibility index (Phi) is 1.73. The van der Waals surface area contributed by atoms with Gasteiger partial charge in [0.15, 0.2) is 0 Å². The summed E-state index contributed by atoms with van der Waals surface area (Å²) in [5, 5.41) is 8.82. The van der Waals surface area contributed by atoms with E-state index in [-0.39, 0.29) is 22.4 Å². The van der Waals surface area contributed by atoms with Gasteiger partial charge in [-0.25, -0.2) is 9.59 Å². The van der Waals surface area contributed by atoms with Crippen LogP contribution in [0, 0.1) is 18.3 Å². The number of benzene rings is 1. The molecule has 1 heterocycles. The molecule has 0 aromatic heterocycles. The number of ether oxygens (including phenoxy) is 1. The molecule has 0 fully saturated rings. The minimum absolute atomic E-state index is 0.00199. The molecule has 1 aromatic carbocycles. The largest absolute Gasteiger partial charge is 0.397 e. The normalized spacial score (nSPS) is 13.3. The number of nitrogen functional groups attached to an aromatic ring is 1. The highest BCUT2D eigenvalue weighted by Crippen LogP contribution is 2.30. The average Bonchev–Trinajstić information content (AvgIpc) is 2.42. The lowest BCUT2D eigenvalue weighted by Crippen LogP contribution is -2.04. The molecular weight excluding hydrogens is 196 g/mol. The van der Waals surface area contributed by atoms with Gasteiger partial charge in [-0.3, -0.25) is 0 Å². The fourth-order valence-corrected chi connectivity index (χ4v) is 1.56. The molecule has 1 aliphatic heterocycles. The van der Waals surface area contributed by atoms with Crippen molar-refractivity contribution in [2.45, 2.75) is 6.92 Å². The van der Waals surface area contributed by atoms with Crippen LogP contribution in [0.4, 0.5) is 5.69 Å². The van der Waals surface area contributed by atoms with Crippen molar-refractivity contribution in [1.82, 2.24) is 0 Å². The summed E-state index contributed by atoms with van der Waals surface area (Å²) in [6.07, 6.45) is 0. The van der Waals surface area contributed by atoms with E-state index in [1.54, 1.807) is 6.92 Å². The van der Waals surface area contributed by atoms with Crippen molar-refractivity contribution < 1.29 is 14.3 Å². The minimum atomic E-state index is -0.788. The number of cyclic esters (lactones) is 2. The Hall–Kier alpha value is -2.35. The smallest absolute Gasteiger partial charge is 0.349 e. The SMILES string of the molecule is Cc1cc2c(c(N)c1C#N)C(=O)OC2=O. The number of nitrogens with two attached hydrogens (primary N) is 1. The predicted molar refractivity (Wildman–Crippen MR) is 50.1 cm³/mol. The molecule has 5 nitrogen and oxygen atoms in total. The van der Waals surface area contributed by atoms with Crippen LogP contribution in [0.5, 0.6) is 0 Å². The second kappa shape index (κ2) is 2.82. The maximum atomic E-state index is 11.2. The van der Waals surface area contributed by atoms with Gasteiger partial charge in [0.25, 0.3) is 0 Å². The first-order chi connectivity index (χ1) is 7.06. The lowest BCUT2D eigenvalue weighted by molar-refractivity contribution is 0.0444. The highest BCUT2D eigenvalue weighted by atomic mass is 16.6. The van der Waals surface area contributed by atoms with Crippen LogP contribution < -0.4 is 5.73 Å². The van der Waals surface area contributed by atoms with Gasteiger partial charge >= 0.3 is 11.9 Å². The molecule has 1 aliphatic rings. The van der Waals surface area contributed by atoms with Crippen LogP contribution in [-0.2, 0) is 4.74 Å². The third kappa shape index (κ3) is 1.08. The summed E-state index contributed by atoms with van der Waals surface area (Å²) >= 11 is 0. The van der Waals surface area contributed by atoms with Crippen molar-refractivity contribution in [2.24, 2.45) is 0 Å². The second-order valence-electron chi connectivity index (χ2n) is 3.19. The Morgan fingerprint density at radius 2 is 2.07 bits per heavy atom. The molecule has 0 unspecified atom stereocenters. The third-order valence-electron chi connectivity index (χ3n) is 2.28. The fourth-order valence-electron chi connectivity index (χ4n) is 1.56. The maximum Gasteiger partial charge on any atom is 0.349 e. The van der Waals surface area contributed by atoms with Crippen LogP contribution in [0.15, 0.2) is 6.07 Å². The molecule has 0 radical (unpaired) electrons. The van der Waals surface area contributed by atoms with E-state index in [1.165, 1.54) is 6.07 Å². The predicted octanol–water partition coefficient (Wildman–Crippen LogP) is 0.760. The van der Waals surface area contributed by atoms with Gasteiger partial charge in [0.1, 0.15) is 6.07 Å². The van der Waals surface area contributed by atoms with Gasteiger partial charge in [-0.05, 0) is 18.6 Å². The zero-order valence-corrected chi connectivity index (χ0v) is 7.83. The van der Waals surface area contributed by atoms with E-state index >= 15 is 0 Å². The Morgan fingerprint density at radius 3 is 2.67 bits per heavy atom. The van der Waals surface area contributed by atoms with E-state index < -0.39 is 11.9 Å². The van der Waals surface area contributed by atoms with Crippen LogP contribution in [0.1, 0.15) is 31.8 Å².